The summed E-state index contributed by atoms with van der Waals surface area (Å²) in [6.45, 7) is 2.69. The van der Waals surface area contributed by atoms with Gasteiger partial charge in [-0.05, 0) is 25.8 Å². The molecule has 2 rings (SSSR count). The van der Waals surface area contributed by atoms with E-state index in [0.29, 0.717) is 0 Å². The van der Waals surface area contributed by atoms with Crippen molar-refractivity contribution in [3.05, 3.63) is 23.5 Å². The number of carbonyl (C=O) groups is 1. The molecule has 2 heterocycles. The van der Waals surface area contributed by atoms with Crippen LogP contribution in [0.2, 0.25) is 0 Å². The zero-order chi connectivity index (χ0) is 12.3. The van der Waals surface area contributed by atoms with E-state index in [1.807, 2.05) is 13.0 Å². The van der Waals surface area contributed by atoms with Gasteiger partial charge in [0, 0.05) is 29.1 Å². The molecule has 1 aromatic rings. The van der Waals surface area contributed by atoms with E-state index in [-0.39, 0.29) is 11.7 Å². The molecule has 0 radical (unpaired) electrons. The Morgan fingerprint density at radius 3 is 3.18 bits per heavy atom. The van der Waals surface area contributed by atoms with Crippen LogP contribution in [0.3, 0.4) is 0 Å². The van der Waals surface area contributed by atoms with E-state index in [2.05, 4.69) is 4.98 Å². The summed E-state index contributed by atoms with van der Waals surface area (Å²) in [4.78, 5) is 15.8. The molecule has 1 aliphatic heterocycles. The van der Waals surface area contributed by atoms with Crippen LogP contribution >= 0.6 is 11.8 Å². The van der Waals surface area contributed by atoms with Crippen molar-refractivity contribution in [3.8, 4) is 0 Å². The molecule has 4 nitrogen and oxygen atoms in total. The molecule has 17 heavy (non-hydrogen) atoms. The first-order chi connectivity index (χ1) is 8.16. The SMILES string of the molecule is Cc1cc(SCC2CCCO2)c(C(=O)O)cn1. The summed E-state index contributed by atoms with van der Waals surface area (Å²) in [7, 11) is 0. The lowest BCUT2D eigenvalue weighted by atomic mass is 10.2. The van der Waals surface area contributed by atoms with E-state index in [1.54, 1.807) is 11.8 Å². The van der Waals surface area contributed by atoms with Crippen molar-refractivity contribution in [1.29, 1.82) is 0 Å². The summed E-state index contributed by atoms with van der Waals surface area (Å²) in [6.07, 6.45) is 3.86. The first-order valence-electron chi connectivity index (χ1n) is 5.61. The third-order valence-electron chi connectivity index (χ3n) is 2.68. The Hall–Kier alpha value is -1.07. The maximum absolute atomic E-state index is 11.0. The number of aromatic carboxylic acids is 1. The molecule has 0 spiro atoms. The van der Waals surface area contributed by atoms with Crippen molar-refractivity contribution in [3.63, 3.8) is 0 Å². The van der Waals surface area contributed by atoms with Gasteiger partial charge in [0.2, 0.25) is 0 Å². The summed E-state index contributed by atoms with van der Waals surface area (Å²) >= 11 is 1.54. The number of nitrogens with zero attached hydrogens (tertiary/aromatic N) is 1. The molecule has 1 unspecified atom stereocenters. The Morgan fingerprint density at radius 1 is 1.71 bits per heavy atom. The summed E-state index contributed by atoms with van der Waals surface area (Å²) in [6, 6.07) is 1.82. The normalized spacial score (nSPS) is 19.5. The Labute approximate surface area is 104 Å². The van der Waals surface area contributed by atoms with Gasteiger partial charge in [-0.15, -0.1) is 11.8 Å². The smallest absolute Gasteiger partial charge is 0.338 e. The number of hydrogen-bond donors (Lipinski definition) is 1. The van der Waals surface area contributed by atoms with Crippen LogP contribution in [0.1, 0.15) is 28.9 Å². The van der Waals surface area contributed by atoms with E-state index in [1.165, 1.54) is 6.20 Å². The van der Waals surface area contributed by atoms with Gasteiger partial charge in [-0.3, -0.25) is 4.98 Å². The molecule has 92 valence electrons. The minimum absolute atomic E-state index is 0.259. The van der Waals surface area contributed by atoms with Crippen molar-refractivity contribution in [2.24, 2.45) is 0 Å². The quantitative estimate of drug-likeness (QED) is 0.835. The van der Waals surface area contributed by atoms with Gasteiger partial charge in [0.25, 0.3) is 0 Å². The van der Waals surface area contributed by atoms with Crippen LogP contribution in [0.5, 0.6) is 0 Å². The van der Waals surface area contributed by atoms with E-state index in [4.69, 9.17) is 9.84 Å². The fraction of sp³-hybridized carbons (Fsp3) is 0.500. The van der Waals surface area contributed by atoms with Crippen molar-refractivity contribution >= 4 is 17.7 Å². The second-order valence-electron chi connectivity index (χ2n) is 4.07. The highest BCUT2D eigenvalue weighted by molar-refractivity contribution is 7.99. The fourth-order valence-corrected chi connectivity index (χ4v) is 2.95. The number of ether oxygens (including phenoxy) is 1. The third-order valence-corrected chi connectivity index (χ3v) is 3.87. The highest BCUT2D eigenvalue weighted by Gasteiger charge is 2.18. The predicted octanol–water partition coefficient (Wildman–Crippen LogP) is 2.36. The van der Waals surface area contributed by atoms with Crippen LogP contribution in [0, 0.1) is 6.92 Å². The second kappa shape index (κ2) is 5.51. The van der Waals surface area contributed by atoms with E-state index >= 15 is 0 Å². The molecule has 0 amide bonds. The first kappa shape index (κ1) is 12.4. The number of aromatic nitrogens is 1. The summed E-state index contributed by atoms with van der Waals surface area (Å²) in [5, 5.41) is 9.06. The largest absolute Gasteiger partial charge is 0.478 e. The van der Waals surface area contributed by atoms with Crippen LogP contribution in [0.4, 0.5) is 0 Å². The number of aryl methyl sites for hydroxylation is 1. The summed E-state index contributed by atoms with van der Waals surface area (Å²) in [5.74, 6) is -0.114. The van der Waals surface area contributed by atoms with Crippen LogP contribution in [0.15, 0.2) is 17.2 Å². The molecule has 1 atom stereocenters. The summed E-state index contributed by atoms with van der Waals surface area (Å²) < 4.78 is 5.52. The zero-order valence-corrected chi connectivity index (χ0v) is 10.5. The molecular weight excluding hydrogens is 238 g/mol. The molecule has 1 saturated heterocycles. The molecule has 1 aromatic heterocycles. The van der Waals surface area contributed by atoms with Crippen LogP contribution in [0.25, 0.3) is 0 Å². The van der Waals surface area contributed by atoms with Crippen molar-refractivity contribution in [1.82, 2.24) is 4.98 Å². The van der Waals surface area contributed by atoms with Gasteiger partial charge < -0.3 is 9.84 Å². The molecular formula is C12H15NO3S. The van der Waals surface area contributed by atoms with Crippen LogP contribution in [-0.4, -0.2) is 34.5 Å². The highest BCUT2D eigenvalue weighted by Crippen LogP contribution is 2.27. The molecule has 0 saturated carbocycles. The minimum Gasteiger partial charge on any atom is -0.478 e. The van der Waals surface area contributed by atoms with E-state index < -0.39 is 5.97 Å². The molecule has 0 aliphatic carbocycles. The molecule has 5 heteroatoms. The minimum atomic E-state index is -0.924. The van der Waals surface area contributed by atoms with Gasteiger partial charge in [-0.2, -0.15) is 0 Å². The van der Waals surface area contributed by atoms with Crippen LogP contribution < -0.4 is 0 Å². The van der Waals surface area contributed by atoms with Gasteiger partial charge >= 0.3 is 5.97 Å². The van der Waals surface area contributed by atoms with Gasteiger partial charge in [-0.25, -0.2) is 4.79 Å². The van der Waals surface area contributed by atoms with Crippen molar-refractivity contribution in [2.75, 3.05) is 12.4 Å². The van der Waals surface area contributed by atoms with Crippen molar-refractivity contribution in [2.45, 2.75) is 30.8 Å². The van der Waals surface area contributed by atoms with Gasteiger partial charge in [0.1, 0.15) is 0 Å². The maximum Gasteiger partial charge on any atom is 0.338 e. The van der Waals surface area contributed by atoms with Gasteiger partial charge in [0.15, 0.2) is 0 Å². The number of carboxylic acid groups (broad SMARTS) is 1. The Bertz CT molecular complexity index is 416. The number of pyridine rings is 1. The maximum atomic E-state index is 11.0. The Morgan fingerprint density at radius 2 is 2.53 bits per heavy atom. The lowest BCUT2D eigenvalue weighted by Crippen LogP contribution is -2.09. The number of carboxylic acids is 1. The first-order valence-corrected chi connectivity index (χ1v) is 6.59. The standard InChI is InChI=1S/C12H15NO3S/c1-8-5-11(10(6-13-8)12(14)15)17-7-9-3-2-4-16-9/h5-6,9H,2-4,7H2,1H3,(H,14,15). The highest BCUT2D eigenvalue weighted by atomic mass is 32.2. The van der Waals surface area contributed by atoms with Gasteiger partial charge in [-0.1, -0.05) is 0 Å². The topological polar surface area (TPSA) is 59.4 Å². The van der Waals surface area contributed by atoms with Crippen molar-refractivity contribution < 1.29 is 14.6 Å². The average Bonchev–Trinajstić information content (AvgIpc) is 2.78. The lowest BCUT2D eigenvalue weighted by Gasteiger charge is -2.10. The van der Waals surface area contributed by atoms with E-state index in [9.17, 15) is 4.79 Å². The third kappa shape index (κ3) is 3.20. The molecule has 1 fully saturated rings. The molecule has 1 aliphatic rings. The second-order valence-corrected chi connectivity index (χ2v) is 5.13. The van der Waals surface area contributed by atoms with E-state index in [0.717, 1.165) is 35.8 Å². The van der Waals surface area contributed by atoms with Crippen LogP contribution in [-0.2, 0) is 4.74 Å². The van der Waals surface area contributed by atoms with Gasteiger partial charge in [0.05, 0.1) is 11.7 Å². The molecule has 0 bridgehead atoms. The zero-order valence-electron chi connectivity index (χ0n) is 9.68. The molecule has 0 aromatic carbocycles. The average molecular weight is 253 g/mol. The number of thioether (sulfide) groups is 1. The monoisotopic (exact) mass is 253 g/mol. The molecule has 1 N–H and O–H groups in total. The number of hydrogen-bond acceptors (Lipinski definition) is 4. The Kier molecular flexibility index (Phi) is 4.02. The summed E-state index contributed by atoms with van der Waals surface area (Å²) in [5.41, 5.74) is 1.11. The number of rotatable bonds is 4. The predicted molar refractivity (Wildman–Crippen MR) is 65.6 cm³/mol. The Balaban J connectivity index is 2.07. The fourth-order valence-electron chi connectivity index (χ4n) is 1.77. The lowest BCUT2D eigenvalue weighted by molar-refractivity contribution is 0.0692.